The highest BCUT2D eigenvalue weighted by atomic mass is 79.9. The molecule has 0 aliphatic carbocycles. The summed E-state index contributed by atoms with van der Waals surface area (Å²) in [6, 6.07) is 9.91. The molecule has 0 amide bonds. The summed E-state index contributed by atoms with van der Waals surface area (Å²) >= 11 is 9.62. The molecule has 4 rings (SSSR count). The summed E-state index contributed by atoms with van der Waals surface area (Å²) in [6.07, 6.45) is 0.0757. The van der Waals surface area contributed by atoms with Gasteiger partial charge in [0.15, 0.2) is 0 Å². The number of aromatic nitrogens is 2. The van der Waals surface area contributed by atoms with Gasteiger partial charge in [0.1, 0.15) is 17.7 Å². The van der Waals surface area contributed by atoms with Crippen molar-refractivity contribution in [3.8, 4) is 5.75 Å². The lowest BCUT2D eigenvalue weighted by Crippen LogP contribution is -2.11. The summed E-state index contributed by atoms with van der Waals surface area (Å²) in [5, 5.41) is 9.55. The zero-order chi connectivity index (χ0) is 19.8. The van der Waals surface area contributed by atoms with Crippen molar-refractivity contribution in [2.45, 2.75) is 25.2 Å². The SMILES string of the molecule is OCCO[C@@H]1C[C@H](c2cc(Cl)ccc2OC(F)F)n2c1nc1ccc(Br)cc12. The predicted molar refractivity (Wildman–Crippen MR) is 104 cm³/mol. The molecule has 148 valence electrons. The lowest BCUT2D eigenvalue weighted by atomic mass is 10.0. The molecular weight excluding hydrogens is 458 g/mol. The standard InChI is InChI=1S/C19H16BrClF2N2O3/c20-10-1-3-13-15(7-10)25-14(9-17(18(25)24-13)27-6-5-26)12-8-11(21)2-4-16(12)28-19(22)23/h1-4,7-8,14,17,19,26H,5-6,9H2/t14-,17-/m1/s1. The number of aliphatic hydroxyl groups is 1. The van der Waals surface area contributed by atoms with Crippen LogP contribution in [0.15, 0.2) is 40.9 Å². The van der Waals surface area contributed by atoms with Gasteiger partial charge >= 0.3 is 6.61 Å². The first-order chi connectivity index (χ1) is 13.5. The maximum absolute atomic E-state index is 12.9. The number of benzene rings is 2. The van der Waals surface area contributed by atoms with Gasteiger partial charge in [-0.2, -0.15) is 8.78 Å². The van der Waals surface area contributed by atoms with Crippen LogP contribution in [-0.4, -0.2) is 34.5 Å². The van der Waals surface area contributed by atoms with Crippen LogP contribution >= 0.6 is 27.5 Å². The zero-order valence-electron chi connectivity index (χ0n) is 14.5. The Kier molecular flexibility index (Phi) is 5.55. The topological polar surface area (TPSA) is 56.5 Å². The molecule has 5 nitrogen and oxygen atoms in total. The van der Waals surface area contributed by atoms with Crippen molar-refractivity contribution in [3.63, 3.8) is 0 Å². The maximum Gasteiger partial charge on any atom is 0.387 e. The van der Waals surface area contributed by atoms with Gasteiger partial charge in [0.05, 0.1) is 30.3 Å². The normalized spacial score (nSPS) is 18.8. The number of hydrogen-bond donors (Lipinski definition) is 1. The molecule has 1 aliphatic heterocycles. The van der Waals surface area contributed by atoms with Crippen LogP contribution in [-0.2, 0) is 4.74 Å². The first-order valence-electron chi connectivity index (χ1n) is 8.62. The molecule has 0 saturated heterocycles. The van der Waals surface area contributed by atoms with E-state index in [0.717, 1.165) is 15.5 Å². The van der Waals surface area contributed by atoms with Gasteiger partial charge in [-0.3, -0.25) is 0 Å². The van der Waals surface area contributed by atoms with E-state index in [1.807, 2.05) is 22.8 Å². The fourth-order valence-electron chi connectivity index (χ4n) is 3.64. The Morgan fingerprint density at radius 1 is 1.29 bits per heavy atom. The predicted octanol–water partition coefficient (Wildman–Crippen LogP) is 5.10. The second kappa shape index (κ2) is 7.94. The molecule has 2 atom stereocenters. The van der Waals surface area contributed by atoms with Gasteiger partial charge in [0, 0.05) is 21.5 Å². The highest BCUT2D eigenvalue weighted by Gasteiger charge is 2.37. The van der Waals surface area contributed by atoms with Gasteiger partial charge in [0.2, 0.25) is 0 Å². The highest BCUT2D eigenvalue weighted by molar-refractivity contribution is 9.10. The summed E-state index contributed by atoms with van der Waals surface area (Å²) in [5.74, 6) is 0.740. The van der Waals surface area contributed by atoms with Crippen molar-refractivity contribution < 1.29 is 23.4 Å². The van der Waals surface area contributed by atoms with Gasteiger partial charge in [-0.25, -0.2) is 4.98 Å². The first-order valence-corrected chi connectivity index (χ1v) is 9.79. The summed E-state index contributed by atoms with van der Waals surface area (Å²) in [5.41, 5.74) is 2.13. The lowest BCUT2D eigenvalue weighted by molar-refractivity contribution is -0.0507. The molecule has 2 aromatic carbocycles. The summed E-state index contributed by atoms with van der Waals surface area (Å²) in [7, 11) is 0. The fourth-order valence-corrected chi connectivity index (χ4v) is 4.17. The molecule has 0 fully saturated rings. The van der Waals surface area contributed by atoms with Gasteiger partial charge < -0.3 is 19.1 Å². The minimum Gasteiger partial charge on any atom is -0.434 e. The monoisotopic (exact) mass is 472 g/mol. The maximum atomic E-state index is 12.9. The number of nitrogens with zero attached hydrogens (tertiary/aromatic N) is 2. The van der Waals surface area contributed by atoms with Crippen LogP contribution in [0.3, 0.4) is 0 Å². The molecule has 0 bridgehead atoms. The number of ether oxygens (including phenoxy) is 2. The molecule has 28 heavy (non-hydrogen) atoms. The molecule has 0 saturated carbocycles. The van der Waals surface area contributed by atoms with Crippen LogP contribution < -0.4 is 4.74 Å². The molecule has 3 aromatic rings. The van der Waals surface area contributed by atoms with Crippen molar-refractivity contribution in [1.29, 1.82) is 0 Å². The molecule has 0 spiro atoms. The van der Waals surface area contributed by atoms with Gasteiger partial charge in [-0.05, 0) is 36.4 Å². The smallest absolute Gasteiger partial charge is 0.387 e. The van der Waals surface area contributed by atoms with E-state index in [-0.39, 0.29) is 31.1 Å². The number of rotatable bonds is 6. The fraction of sp³-hybridized carbons (Fsp3) is 0.316. The Bertz CT molecular complexity index is 1010. The van der Waals surface area contributed by atoms with Crippen molar-refractivity contribution in [2.24, 2.45) is 0 Å². The largest absolute Gasteiger partial charge is 0.434 e. The number of hydrogen-bond acceptors (Lipinski definition) is 4. The quantitative estimate of drug-likeness (QED) is 0.541. The first kappa shape index (κ1) is 19.6. The number of aliphatic hydroxyl groups excluding tert-OH is 1. The Morgan fingerprint density at radius 3 is 2.86 bits per heavy atom. The highest BCUT2D eigenvalue weighted by Crippen LogP contribution is 2.46. The van der Waals surface area contributed by atoms with Gasteiger partial charge in [-0.1, -0.05) is 27.5 Å². The second-order valence-electron chi connectivity index (χ2n) is 6.37. The summed E-state index contributed by atoms with van der Waals surface area (Å²) in [6.45, 7) is -2.92. The van der Waals surface area contributed by atoms with Gasteiger partial charge in [0.25, 0.3) is 0 Å². The number of fused-ring (bicyclic) bond motifs is 3. The third-order valence-corrected chi connectivity index (χ3v) is 5.40. The van der Waals surface area contributed by atoms with Gasteiger partial charge in [-0.15, -0.1) is 0 Å². The Morgan fingerprint density at radius 2 is 2.11 bits per heavy atom. The zero-order valence-corrected chi connectivity index (χ0v) is 16.8. The molecule has 0 radical (unpaired) electrons. The molecular formula is C19H16BrClF2N2O3. The van der Waals surface area contributed by atoms with E-state index in [1.165, 1.54) is 12.1 Å². The van der Waals surface area contributed by atoms with E-state index < -0.39 is 6.61 Å². The minimum atomic E-state index is -2.95. The van der Waals surface area contributed by atoms with Crippen LogP contribution in [0.1, 0.15) is 30.0 Å². The van der Waals surface area contributed by atoms with Crippen molar-refractivity contribution in [3.05, 3.63) is 57.3 Å². The lowest BCUT2D eigenvalue weighted by Gasteiger charge is -2.19. The van der Waals surface area contributed by atoms with E-state index in [4.69, 9.17) is 26.2 Å². The minimum absolute atomic E-state index is 0.0648. The summed E-state index contributed by atoms with van der Waals surface area (Å²) < 4.78 is 39.2. The van der Waals surface area contributed by atoms with Crippen molar-refractivity contribution >= 4 is 38.6 Å². The van der Waals surface area contributed by atoms with Crippen molar-refractivity contribution in [2.75, 3.05) is 13.2 Å². The van der Waals surface area contributed by atoms with E-state index in [2.05, 4.69) is 20.9 Å². The Hall–Kier alpha value is -1.74. The van der Waals surface area contributed by atoms with E-state index in [9.17, 15) is 8.78 Å². The molecule has 2 heterocycles. The Labute approximate surface area is 173 Å². The summed E-state index contributed by atoms with van der Waals surface area (Å²) in [4.78, 5) is 4.67. The van der Waals surface area contributed by atoms with E-state index in [1.54, 1.807) is 6.07 Å². The number of halogens is 4. The molecule has 1 aliphatic rings. The van der Waals surface area contributed by atoms with Crippen LogP contribution in [0.2, 0.25) is 5.02 Å². The third-order valence-electron chi connectivity index (χ3n) is 4.67. The molecule has 9 heteroatoms. The number of alkyl halides is 2. The van der Waals surface area contributed by atoms with Crippen LogP contribution in [0, 0.1) is 0 Å². The number of imidazole rings is 1. The third kappa shape index (κ3) is 3.61. The molecule has 1 aromatic heterocycles. The van der Waals surface area contributed by atoms with Crippen LogP contribution in [0.4, 0.5) is 8.78 Å². The molecule has 0 unspecified atom stereocenters. The van der Waals surface area contributed by atoms with Crippen LogP contribution in [0.25, 0.3) is 11.0 Å². The average molecular weight is 474 g/mol. The second-order valence-corrected chi connectivity index (χ2v) is 7.72. The van der Waals surface area contributed by atoms with E-state index >= 15 is 0 Å². The van der Waals surface area contributed by atoms with E-state index in [0.29, 0.717) is 22.8 Å². The average Bonchev–Trinajstić information content (AvgIpc) is 3.18. The van der Waals surface area contributed by atoms with Crippen LogP contribution in [0.5, 0.6) is 5.75 Å². The molecule has 1 N–H and O–H groups in total. The van der Waals surface area contributed by atoms with Crippen molar-refractivity contribution in [1.82, 2.24) is 9.55 Å². The Balaban J connectivity index is 1.87.